The highest BCUT2D eigenvalue weighted by Crippen LogP contribution is 2.64. The number of esters is 1. The number of thioether (sulfide) groups is 1. The Hall–Kier alpha value is -3.65. The van der Waals surface area contributed by atoms with Gasteiger partial charge in [0.1, 0.15) is 23.7 Å². The molecule has 0 bridgehead atoms. The molecule has 6 nitrogen and oxygen atoms in total. The summed E-state index contributed by atoms with van der Waals surface area (Å²) in [5, 5.41) is 23.1. The first kappa shape index (κ1) is 53.0. The summed E-state index contributed by atoms with van der Waals surface area (Å²) >= 11 is -0.192. The number of aliphatic hydroxyl groups excluding tert-OH is 2. The molecule has 3 aromatic carbocycles. The Balaban J connectivity index is 1.67. The van der Waals surface area contributed by atoms with E-state index in [0.717, 1.165) is 0 Å². The highest BCUT2D eigenvalue weighted by Gasteiger charge is 2.95. The lowest BCUT2D eigenvalue weighted by Gasteiger charge is -2.46. The zero-order valence-corrected chi connectivity index (χ0v) is 34.8. The third-order valence-corrected chi connectivity index (χ3v) is 16.4. The number of ether oxygens (including phenoxy) is 2. The van der Waals surface area contributed by atoms with Gasteiger partial charge in [-0.05, 0) is 27.5 Å². The van der Waals surface area contributed by atoms with Crippen molar-refractivity contribution in [3.63, 3.8) is 0 Å². The van der Waals surface area contributed by atoms with Crippen LogP contribution in [-0.4, -0.2) is 114 Å². The summed E-state index contributed by atoms with van der Waals surface area (Å²) < 4.78 is 254. The number of carbonyl (C=O) groups is 1. The van der Waals surface area contributed by atoms with E-state index >= 15 is 0 Å². The highest BCUT2D eigenvalue weighted by molar-refractivity contribution is 7.99. The Kier molecular flexibility index (Phi) is 15.1. The van der Waals surface area contributed by atoms with E-state index in [1.165, 1.54) is 30.3 Å². The molecule has 1 saturated heterocycles. The van der Waals surface area contributed by atoms with Gasteiger partial charge in [0, 0.05) is 12.2 Å². The fraction of sp³-hybridized carbons (Fsp3) is 0.513. The van der Waals surface area contributed by atoms with Gasteiger partial charge in [-0.3, -0.25) is 0 Å². The van der Waals surface area contributed by atoms with Crippen molar-refractivity contribution in [3.05, 3.63) is 96.6 Å². The van der Waals surface area contributed by atoms with Gasteiger partial charge in [-0.1, -0.05) is 99.6 Å². The Morgan fingerprint density at radius 3 is 1.44 bits per heavy atom. The largest absolute Gasteiger partial charge is 0.460 e. The van der Waals surface area contributed by atoms with Crippen LogP contribution in [0.3, 0.4) is 0 Å². The van der Waals surface area contributed by atoms with Gasteiger partial charge in [0.05, 0.1) is 12.2 Å². The normalized spacial score (nSPS) is 21.4. The molecule has 1 aliphatic rings. The quantitative estimate of drug-likeness (QED) is 0.0793. The zero-order chi connectivity index (χ0) is 48.8. The van der Waals surface area contributed by atoms with Crippen LogP contribution in [0.5, 0.6) is 0 Å². The minimum Gasteiger partial charge on any atom is -0.452 e. The third-order valence-electron chi connectivity index (χ3n) is 10.3. The van der Waals surface area contributed by atoms with Gasteiger partial charge in [0.2, 0.25) is 0 Å². The second-order valence-corrected chi connectivity index (χ2v) is 21.0. The average Bonchev–Trinajstić information content (AvgIpc) is 3.20. The van der Waals surface area contributed by atoms with E-state index < -0.39 is 116 Å². The lowest BCUT2D eigenvalue weighted by molar-refractivity contribution is -0.461. The second-order valence-electron chi connectivity index (χ2n) is 15.5. The molecule has 5 atom stereocenters. The van der Waals surface area contributed by atoms with Crippen LogP contribution in [-0.2, 0) is 13.9 Å². The van der Waals surface area contributed by atoms with Crippen LogP contribution in [0.2, 0.25) is 5.04 Å². The first-order chi connectivity index (χ1) is 29.1. The number of carbonyl (C=O) groups excluding carboxylic acids is 1. The molecule has 0 saturated carbocycles. The molecule has 358 valence electrons. The lowest BCUT2D eigenvalue weighted by Crippen LogP contribution is -2.74. The van der Waals surface area contributed by atoms with Crippen LogP contribution >= 0.6 is 11.8 Å². The number of benzene rings is 3. The minimum atomic E-state index is -8.77. The first-order valence-electron chi connectivity index (χ1n) is 18.4. The van der Waals surface area contributed by atoms with Crippen LogP contribution in [0.1, 0.15) is 37.6 Å². The maximum Gasteiger partial charge on any atom is 0.460 e. The molecule has 3 aromatic rings. The van der Waals surface area contributed by atoms with Crippen molar-refractivity contribution in [2.45, 2.75) is 110 Å². The molecule has 0 unspecified atom stereocenters. The Labute approximate surface area is 358 Å². The molecule has 2 N–H and O–H groups in total. The molecule has 0 aromatic heterocycles. The maximum absolute atomic E-state index is 15.0. The van der Waals surface area contributed by atoms with E-state index in [9.17, 15) is 89.6 Å². The molecule has 0 radical (unpaired) electrons. The predicted molar refractivity (Wildman–Crippen MR) is 198 cm³/mol. The van der Waals surface area contributed by atoms with E-state index in [-0.39, 0.29) is 17.3 Å². The van der Waals surface area contributed by atoms with Gasteiger partial charge in [-0.2, -0.15) is 74.6 Å². The molecule has 4 rings (SSSR count). The smallest absolute Gasteiger partial charge is 0.452 e. The van der Waals surface area contributed by atoms with Crippen LogP contribution in [0.4, 0.5) is 74.6 Å². The van der Waals surface area contributed by atoms with Crippen LogP contribution in [0.15, 0.2) is 91.0 Å². The lowest BCUT2D eigenvalue weighted by atomic mass is 9.88. The van der Waals surface area contributed by atoms with Gasteiger partial charge in [0.25, 0.3) is 8.32 Å². The SMILES string of the molecule is CC(C)(C)[Si](OC[C@H]1O[C@@H](SCCC(F)(F)C(F)(F)C(F)(F)C(F)(F)C(F)(F)C(F)(F)C(F)(F)C(F)(F)F)[C@H](OC(=O)c2ccccc2)[C@@H](O)[C@H]1O)(c1ccccc1)c1ccccc1. The van der Waals surface area contributed by atoms with Gasteiger partial charge >= 0.3 is 53.6 Å². The topological polar surface area (TPSA) is 85.2 Å². The average molecular weight is 985 g/mol. The zero-order valence-electron chi connectivity index (χ0n) is 33.0. The van der Waals surface area contributed by atoms with Crippen molar-refractivity contribution in [1.82, 2.24) is 0 Å². The molecule has 1 aliphatic heterocycles. The second kappa shape index (κ2) is 18.2. The molecule has 0 spiro atoms. The fourth-order valence-corrected chi connectivity index (χ4v) is 12.5. The predicted octanol–water partition coefficient (Wildman–Crippen LogP) is 9.37. The molecular weight excluding hydrogens is 948 g/mol. The van der Waals surface area contributed by atoms with Crippen LogP contribution in [0, 0.1) is 0 Å². The highest BCUT2D eigenvalue weighted by atomic mass is 32.2. The van der Waals surface area contributed by atoms with E-state index in [1.807, 2.05) is 20.8 Å². The molecule has 1 heterocycles. The van der Waals surface area contributed by atoms with E-state index in [2.05, 4.69) is 0 Å². The summed E-state index contributed by atoms with van der Waals surface area (Å²) in [4.78, 5) is 13.0. The summed E-state index contributed by atoms with van der Waals surface area (Å²) in [5.74, 6) is -60.5. The van der Waals surface area contributed by atoms with Gasteiger partial charge < -0.3 is 24.1 Å². The third kappa shape index (κ3) is 9.08. The number of hydrogen-bond acceptors (Lipinski definition) is 7. The van der Waals surface area contributed by atoms with Gasteiger partial charge in [-0.15, -0.1) is 11.8 Å². The van der Waals surface area contributed by atoms with E-state index in [1.54, 1.807) is 60.7 Å². The molecule has 64 heavy (non-hydrogen) atoms. The van der Waals surface area contributed by atoms with Crippen molar-refractivity contribution < 1.29 is 104 Å². The first-order valence-corrected chi connectivity index (χ1v) is 21.4. The van der Waals surface area contributed by atoms with E-state index in [0.29, 0.717) is 10.4 Å². The monoisotopic (exact) mass is 984 g/mol. The summed E-state index contributed by atoms with van der Waals surface area (Å²) in [7, 11) is -3.52. The molecular formula is C39H37F17O6SSi. The Morgan fingerprint density at radius 1 is 0.609 bits per heavy atom. The number of alkyl halides is 17. The molecule has 0 amide bonds. The molecule has 1 fully saturated rings. The summed E-state index contributed by atoms with van der Waals surface area (Å²) in [6, 6.07) is 23.7. The van der Waals surface area contributed by atoms with Crippen molar-refractivity contribution in [3.8, 4) is 0 Å². The standard InChI is InChI=1S/C39H37F17O6SSi/c1-31(2,3)64(23-15-9-5-10-16-23,24-17-11-6-12-18-24)60-21-25-26(57)27(58)28(62-29(59)22-13-7-4-8-14-22)30(61-25)63-20-19-32(40,41)33(42,43)34(44,45)35(46,47)36(48,49)37(50,51)38(52,53)39(54,55)56/h4-18,25-28,30,57-58H,19-21H2,1-3H3/t25-,26+,27+,28-,30+/m1/s1. The number of rotatable bonds is 17. The minimum absolute atomic E-state index is 0.192. The summed E-state index contributed by atoms with van der Waals surface area (Å²) in [6.45, 7) is 4.81. The summed E-state index contributed by atoms with van der Waals surface area (Å²) in [5.41, 5.74) is -2.31. The Bertz CT molecular complexity index is 1980. The van der Waals surface area contributed by atoms with Gasteiger partial charge in [-0.25, -0.2) is 4.79 Å². The van der Waals surface area contributed by atoms with Crippen LogP contribution < -0.4 is 10.4 Å². The number of aliphatic hydroxyl groups is 2. The van der Waals surface area contributed by atoms with Crippen LogP contribution in [0.25, 0.3) is 0 Å². The maximum atomic E-state index is 15.0. The van der Waals surface area contributed by atoms with Gasteiger partial charge in [0.15, 0.2) is 6.10 Å². The fourth-order valence-electron chi connectivity index (χ4n) is 6.69. The number of hydrogen-bond donors (Lipinski definition) is 2. The van der Waals surface area contributed by atoms with Crippen molar-refractivity contribution in [2.75, 3.05) is 12.4 Å². The molecule has 25 heteroatoms. The van der Waals surface area contributed by atoms with Crippen molar-refractivity contribution in [2.24, 2.45) is 0 Å². The molecule has 0 aliphatic carbocycles. The number of halogens is 17. The van der Waals surface area contributed by atoms with Crippen molar-refractivity contribution >= 4 is 36.4 Å². The van der Waals surface area contributed by atoms with Crippen molar-refractivity contribution in [1.29, 1.82) is 0 Å². The Morgan fingerprint density at radius 2 is 1.02 bits per heavy atom. The summed E-state index contributed by atoms with van der Waals surface area (Å²) in [6.07, 6.45) is -18.9. The van der Waals surface area contributed by atoms with E-state index in [4.69, 9.17) is 13.9 Å².